The van der Waals surface area contributed by atoms with E-state index in [0.29, 0.717) is 42.4 Å². The molecule has 2 atom stereocenters. The van der Waals surface area contributed by atoms with Gasteiger partial charge in [0.1, 0.15) is 11.9 Å². The summed E-state index contributed by atoms with van der Waals surface area (Å²) in [6.45, 7) is 1.99. The summed E-state index contributed by atoms with van der Waals surface area (Å²) in [6, 6.07) is 17.8. The monoisotopic (exact) mass is 518 g/mol. The van der Waals surface area contributed by atoms with Gasteiger partial charge in [-0.25, -0.2) is 0 Å². The number of nitrogens with one attached hydrogen (secondary N) is 2. The van der Waals surface area contributed by atoms with E-state index in [1.54, 1.807) is 24.5 Å². The molecule has 0 bridgehead atoms. The first-order valence-electron chi connectivity index (χ1n) is 12.5. The van der Waals surface area contributed by atoms with Crippen molar-refractivity contribution in [1.29, 1.82) is 5.41 Å². The zero-order valence-electron chi connectivity index (χ0n) is 20.8. The van der Waals surface area contributed by atoms with Crippen LogP contribution in [0, 0.1) is 11.3 Å². The molecule has 2 aromatic carbocycles. The van der Waals surface area contributed by atoms with Crippen molar-refractivity contribution >= 4 is 23.1 Å². The summed E-state index contributed by atoms with van der Waals surface area (Å²) in [5.74, 6) is 0.434. The molecule has 6 N–H and O–H groups in total. The van der Waals surface area contributed by atoms with Crippen LogP contribution < -0.4 is 16.2 Å². The van der Waals surface area contributed by atoms with E-state index < -0.39 is 17.4 Å². The van der Waals surface area contributed by atoms with Crippen molar-refractivity contribution in [2.75, 3.05) is 19.6 Å². The van der Waals surface area contributed by atoms with Crippen LogP contribution in [0.2, 0.25) is 0 Å². The SMILES string of the molecule is N=C(N)c1cccc(CC(N[S+]([O-])c2cccc(-c3cccnc3)c2)C(=O)N2CCC(CCN)CC2)c1. The highest BCUT2D eigenvalue weighted by atomic mass is 32.2. The van der Waals surface area contributed by atoms with Crippen LogP contribution >= 0.6 is 0 Å². The van der Waals surface area contributed by atoms with Gasteiger partial charge in [0.05, 0.1) is 11.4 Å². The lowest BCUT2D eigenvalue weighted by atomic mass is 9.93. The van der Waals surface area contributed by atoms with Gasteiger partial charge < -0.3 is 20.9 Å². The standard InChI is InChI=1S/C28H34N6O2S/c29-12-9-20-10-14-34(15-11-20)28(35)26(17-21-4-1-6-23(16-21)27(30)31)33-37(36)25-8-2-5-22(18-25)24-7-3-13-32-19-24/h1-8,13,16,18-20,26,33H,9-12,14-15,17,29H2,(H3,30,31). The van der Waals surface area contributed by atoms with Gasteiger partial charge in [0.15, 0.2) is 4.90 Å². The van der Waals surface area contributed by atoms with Crippen LogP contribution in [0.15, 0.2) is 78.0 Å². The minimum absolute atomic E-state index is 0.0320. The number of nitrogens with two attached hydrogens (primary N) is 2. The van der Waals surface area contributed by atoms with E-state index in [9.17, 15) is 9.35 Å². The van der Waals surface area contributed by atoms with Crippen LogP contribution in [0.3, 0.4) is 0 Å². The molecule has 1 fully saturated rings. The van der Waals surface area contributed by atoms with Gasteiger partial charge in [-0.3, -0.25) is 15.2 Å². The number of benzene rings is 2. The number of nitrogens with zero attached hydrogens (tertiary/aromatic N) is 2. The van der Waals surface area contributed by atoms with Gasteiger partial charge in [-0.1, -0.05) is 36.4 Å². The van der Waals surface area contributed by atoms with Gasteiger partial charge >= 0.3 is 0 Å². The van der Waals surface area contributed by atoms with Crippen LogP contribution in [-0.4, -0.2) is 51.9 Å². The van der Waals surface area contributed by atoms with Crippen molar-refractivity contribution in [2.24, 2.45) is 17.4 Å². The lowest BCUT2D eigenvalue weighted by molar-refractivity contribution is -0.134. The first-order valence-corrected chi connectivity index (χ1v) is 13.7. The molecule has 194 valence electrons. The second-order valence-corrected chi connectivity index (χ2v) is 10.6. The molecule has 0 spiro atoms. The molecule has 3 aromatic rings. The van der Waals surface area contributed by atoms with E-state index >= 15 is 0 Å². The summed E-state index contributed by atoms with van der Waals surface area (Å²) in [4.78, 5) is 20.3. The van der Waals surface area contributed by atoms with E-state index in [-0.39, 0.29) is 11.7 Å². The lowest BCUT2D eigenvalue weighted by Crippen LogP contribution is -2.51. The molecular formula is C28H34N6O2S. The van der Waals surface area contributed by atoms with E-state index in [4.69, 9.17) is 16.9 Å². The van der Waals surface area contributed by atoms with Crippen LogP contribution in [0.5, 0.6) is 0 Å². The quantitative estimate of drug-likeness (QED) is 0.185. The van der Waals surface area contributed by atoms with Crippen molar-refractivity contribution < 1.29 is 9.35 Å². The van der Waals surface area contributed by atoms with E-state index in [1.165, 1.54) is 0 Å². The highest BCUT2D eigenvalue weighted by molar-refractivity contribution is 7.89. The van der Waals surface area contributed by atoms with Crippen molar-refractivity contribution in [3.63, 3.8) is 0 Å². The Kier molecular flexibility index (Phi) is 9.29. The predicted octanol–water partition coefficient (Wildman–Crippen LogP) is 2.84. The van der Waals surface area contributed by atoms with Gasteiger partial charge in [0.25, 0.3) is 0 Å². The molecule has 2 unspecified atom stereocenters. The summed E-state index contributed by atoms with van der Waals surface area (Å²) < 4.78 is 16.6. The Hall–Kier alpha value is -3.24. The number of pyridine rings is 1. The average Bonchev–Trinajstić information content (AvgIpc) is 2.93. The number of rotatable bonds is 10. The molecular weight excluding hydrogens is 484 g/mol. The summed E-state index contributed by atoms with van der Waals surface area (Å²) >= 11 is -1.62. The third-order valence-electron chi connectivity index (χ3n) is 6.77. The molecule has 9 heteroatoms. The molecule has 0 radical (unpaired) electrons. The third-order valence-corrected chi connectivity index (χ3v) is 7.95. The third kappa shape index (κ3) is 7.17. The number of aromatic nitrogens is 1. The summed E-state index contributed by atoms with van der Waals surface area (Å²) in [5, 5.41) is 7.75. The van der Waals surface area contributed by atoms with Gasteiger partial charge in [-0.05, 0) is 61.1 Å². The Morgan fingerprint density at radius 2 is 1.89 bits per heavy atom. The molecule has 1 aliphatic heterocycles. The van der Waals surface area contributed by atoms with Gasteiger partial charge in [-0.2, -0.15) is 0 Å². The number of nitrogen functional groups attached to an aromatic ring is 1. The Labute approximate surface area is 221 Å². The fraction of sp³-hybridized carbons (Fsp3) is 0.321. The zero-order valence-corrected chi connectivity index (χ0v) is 21.6. The topological polar surface area (TPSA) is 144 Å². The predicted molar refractivity (Wildman–Crippen MR) is 147 cm³/mol. The number of carbonyl (C=O) groups is 1. The maximum atomic E-state index is 13.7. The number of piperidine rings is 1. The first kappa shape index (κ1) is 26.8. The summed E-state index contributed by atoms with van der Waals surface area (Å²) in [6.07, 6.45) is 6.62. The maximum absolute atomic E-state index is 13.7. The molecule has 1 saturated heterocycles. The summed E-state index contributed by atoms with van der Waals surface area (Å²) in [7, 11) is 0. The fourth-order valence-electron chi connectivity index (χ4n) is 4.70. The zero-order chi connectivity index (χ0) is 26.2. The Balaban J connectivity index is 1.54. The van der Waals surface area contributed by atoms with Gasteiger partial charge in [0, 0.05) is 49.1 Å². The largest absolute Gasteiger partial charge is 0.593 e. The number of hydrogen-bond acceptors (Lipinski definition) is 6. The molecule has 1 aromatic heterocycles. The normalized spacial score (nSPS) is 15.8. The molecule has 37 heavy (non-hydrogen) atoms. The minimum Gasteiger partial charge on any atom is -0.593 e. The highest BCUT2D eigenvalue weighted by Gasteiger charge is 2.32. The Morgan fingerprint density at radius 3 is 2.59 bits per heavy atom. The van der Waals surface area contributed by atoms with E-state index in [0.717, 1.165) is 36.0 Å². The molecule has 1 aliphatic rings. The van der Waals surface area contributed by atoms with Crippen LogP contribution in [0.1, 0.15) is 30.4 Å². The number of hydrogen-bond donors (Lipinski definition) is 4. The number of amidine groups is 1. The van der Waals surface area contributed by atoms with E-state index in [1.807, 2.05) is 53.4 Å². The molecule has 1 amide bonds. The second-order valence-electron chi connectivity index (χ2n) is 9.37. The summed E-state index contributed by atoms with van der Waals surface area (Å²) in [5.41, 5.74) is 14.7. The second kappa shape index (κ2) is 12.8. The average molecular weight is 519 g/mol. The van der Waals surface area contributed by atoms with Crippen molar-refractivity contribution in [3.05, 3.63) is 84.2 Å². The van der Waals surface area contributed by atoms with Crippen LogP contribution in [0.4, 0.5) is 0 Å². The van der Waals surface area contributed by atoms with Crippen LogP contribution in [-0.2, 0) is 22.6 Å². The van der Waals surface area contributed by atoms with Crippen molar-refractivity contribution in [1.82, 2.24) is 14.6 Å². The molecule has 8 nitrogen and oxygen atoms in total. The van der Waals surface area contributed by atoms with Gasteiger partial charge in [0.2, 0.25) is 5.91 Å². The number of carbonyl (C=O) groups excluding carboxylic acids is 1. The lowest BCUT2D eigenvalue weighted by Gasteiger charge is -2.34. The fourth-order valence-corrected chi connectivity index (χ4v) is 5.72. The molecule has 4 rings (SSSR count). The van der Waals surface area contributed by atoms with Crippen molar-refractivity contribution in [3.8, 4) is 11.1 Å². The smallest absolute Gasteiger partial charge is 0.244 e. The Morgan fingerprint density at radius 1 is 1.14 bits per heavy atom. The Bertz CT molecular complexity index is 1200. The van der Waals surface area contributed by atoms with Gasteiger partial charge in [-0.15, -0.1) is 4.72 Å². The van der Waals surface area contributed by atoms with E-state index in [2.05, 4.69) is 9.71 Å². The van der Waals surface area contributed by atoms with Crippen molar-refractivity contribution in [2.45, 2.75) is 36.6 Å². The minimum atomic E-state index is -1.62. The molecule has 0 aliphatic carbocycles. The molecule has 0 saturated carbocycles. The highest BCUT2D eigenvalue weighted by Crippen LogP contribution is 2.24. The van der Waals surface area contributed by atoms with Crippen LogP contribution in [0.25, 0.3) is 11.1 Å². The first-order chi connectivity index (χ1) is 17.9. The molecule has 2 heterocycles. The number of likely N-dealkylation sites (tertiary alicyclic amines) is 1. The maximum Gasteiger partial charge on any atom is 0.244 e. The number of amides is 1.